The van der Waals surface area contributed by atoms with Gasteiger partial charge in [0.2, 0.25) is 0 Å². The molecule has 0 aliphatic heterocycles. The summed E-state index contributed by atoms with van der Waals surface area (Å²) in [6, 6.07) is 16.6. The first-order valence-electron chi connectivity index (χ1n) is 7.17. The number of hydrogen-bond acceptors (Lipinski definition) is 2. The number of halogens is 1. The standard InChI is InChI=1S/C18H18BrNO/c1-3-20-18(14-8-6-9-15(19)12(14)2)17-11-13-7-4-5-10-16(13)21-17/h4-11,18,20H,3H2,1-2H3. The SMILES string of the molecule is CCNC(c1cc2ccccc2o1)c1cccc(Br)c1C. The maximum Gasteiger partial charge on any atom is 0.134 e. The fourth-order valence-electron chi connectivity index (χ4n) is 2.65. The van der Waals surface area contributed by atoms with Crippen LogP contribution in [0.15, 0.2) is 57.4 Å². The molecular formula is C18H18BrNO. The molecule has 1 atom stereocenters. The third-order valence-electron chi connectivity index (χ3n) is 3.76. The van der Waals surface area contributed by atoms with Gasteiger partial charge in [-0.05, 0) is 42.8 Å². The van der Waals surface area contributed by atoms with Crippen LogP contribution in [0.4, 0.5) is 0 Å². The van der Waals surface area contributed by atoms with Gasteiger partial charge in [-0.25, -0.2) is 0 Å². The van der Waals surface area contributed by atoms with E-state index in [9.17, 15) is 0 Å². The Morgan fingerprint density at radius 3 is 2.71 bits per heavy atom. The van der Waals surface area contributed by atoms with Crippen LogP contribution in [0.1, 0.15) is 29.9 Å². The molecule has 3 aromatic rings. The van der Waals surface area contributed by atoms with Crippen molar-refractivity contribution in [1.29, 1.82) is 0 Å². The zero-order chi connectivity index (χ0) is 14.8. The van der Waals surface area contributed by atoms with E-state index in [4.69, 9.17) is 4.42 Å². The van der Waals surface area contributed by atoms with Crippen LogP contribution in [0.2, 0.25) is 0 Å². The van der Waals surface area contributed by atoms with Crippen LogP contribution in [0, 0.1) is 6.92 Å². The molecule has 0 spiro atoms. The van der Waals surface area contributed by atoms with Crippen LogP contribution in [-0.4, -0.2) is 6.54 Å². The minimum atomic E-state index is 0.0694. The van der Waals surface area contributed by atoms with E-state index in [1.807, 2.05) is 18.2 Å². The van der Waals surface area contributed by atoms with Gasteiger partial charge in [0.15, 0.2) is 0 Å². The van der Waals surface area contributed by atoms with Crippen LogP contribution >= 0.6 is 15.9 Å². The van der Waals surface area contributed by atoms with Crippen LogP contribution < -0.4 is 5.32 Å². The molecule has 0 radical (unpaired) electrons. The summed E-state index contributed by atoms with van der Waals surface area (Å²) in [4.78, 5) is 0. The Balaban J connectivity index is 2.10. The molecule has 0 fully saturated rings. The number of benzene rings is 2. The molecule has 0 amide bonds. The van der Waals surface area contributed by atoms with Crippen molar-refractivity contribution < 1.29 is 4.42 Å². The minimum absolute atomic E-state index is 0.0694. The fourth-order valence-corrected chi connectivity index (χ4v) is 3.03. The zero-order valence-electron chi connectivity index (χ0n) is 12.2. The van der Waals surface area contributed by atoms with Crippen molar-refractivity contribution in [2.75, 3.05) is 6.54 Å². The van der Waals surface area contributed by atoms with Crippen LogP contribution in [0.5, 0.6) is 0 Å². The highest BCUT2D eigenvalue weighted by atomic mass is 79.9. The van der Waals surface area contributed by atoms with Crippen molar-refractivity contribution in [3.8, 4) is 0 Å². The molecule has 1 N–H and O–H groups in total. The van der Waals surface area contributed by atoms with Gasteiger partial charge in [0.1, 0.15) is 11.3 Å². The van der Waals surface area contributed by atoms with E-state index >= 15 is 0 Å². The Bertz CT molecular complexity index is 730. The molecule has 3 rings (SSSR count). The summed E-state index contributed by atoms with van der Waals surface area (Å²) in [7, 11) is 0. The maximum absolute atomic E-state index is 6.05. The van der Waals surface area contributed by atoms with Crippen molar-refractivity contribution in [2.45, 2.75) is 19.9 Å². The van der Waals surface area contributed by atoms with Crippen molar-refractivity contribution in [1.82, 2.24) is 5.32 Å². The number of rotatable bonds is 4. The molecule has 0 aliphatic rings. The molecule has 0 saturated heterocycles. The number of nitrogens with one attached hydrogen (secondary N) is 1. The molecule has 3 heteroatoms. The van der Waals surface area contributed by atoms with E-state index in [2.05, 4.69) is 65.4 Å². The molecule has 2 aromatic carbocycles. The molecule has 0 saturated carbocycles. The van der Waals surface area contributed by atoms with Gasteiger partial charge in [0.05, 0.1) is 6.04 Å². The van der Waals surface area contributed by atoms with Crippen LogP contribution in [0.25, 0.3) is 11.0 Å². The topological polar surface area (TPSA) is 25.2 Å². The van der Waals surface area contributed by atoms with Gasteiger partial charge in [-0.2, -0.15) is 0 Å². The van der Waals surface area contributed by atoms with E-state index in [0.717, 1.165) is 27.7 Å². The van der Waals surface area contributed by atoms with Crippen molar-refractivity contribution >= 4 is 26.9 Å². The average molecular weight is 344 g/mol. The summed E-state index contributed by atoms with van der Waals surface area (Å²) < 4.78 is 7.18. The van der Waals surface area contributed by atoms with Gasteiger partial charge in [-0.15, -0.1) is 0 Å². The Labute approximate surface area is 133 Å². The minimum Gasteiger partial charge on any atom is -0.459 e. The van der Waals surface area contributed by atoms with E-state index < -0.39 is 0 Å². The summed E-state index contributed by atoms with van der Waals surface area (Å²) in [5.74, 6) is 0.958. The second kappa shape index (κ2) is 6.04. The van der Waals surface area contributed by atoms with Gasteiger partial charge in [-0.3, -0.25) is 0 Å². The van der Waals surface area contributed by atoms with Gasteiger partial charge >= 0.3 is 0 Å². The first-order chi connectivity index (χ1) is 10.2. The van der Waals surface area contributed by atoms with E-state index in [1.54, 1.807) is 0 Å². The smallest absolute Gasteiger partial charge is 0.134 e. The molecule has 1 unspecified atom stereocenters. The number of hydrogen-bond donors (Lipinski definition) is 1. The lowest BCUT2D eigenvalue weighted by atomic mass is 9.99. The van der Waals surface area contributed by atoms with E-state index in [1.165, 1.54) is 11.1 Å². The second-order valence-corrected chi connectivity index (χ2v) is 5.99. The number of para-hydroxylation sites is 1. The van der Waals surface area contributed by atoms with E-state index in [-0.39, 0.29) is 6.04 Å². The van der Waals surface area contributed by atoms with Gasteiger partial charge in [0.25, 0.3) is 0 Å². The Morgan fingerprint density at radius 2 is 1.95 bits per heavy atom. The largest absolute Gasteiger partial charge is 0.459 e. The summed E-state index contributed by atoms with van der Waals surface area (Å²) in [5, 5.41) is 4.67. The summed E-state index contributed by atoms with van der Waals surface area (Å²) in [5.41, 5.74) is 3.41. The zero-order valence-corrected chi connectivity index (χ0v) is 13.8. The molecule has 1 aromatic heterocycles. The highest BCUT2D eigenvalue weighted by molar-refractivity contribution is 9.10. The highest BCUT2D eigenvalue weighted by Gasteiger charge is 2.20. The van der Waals surface area contributed by atoms with Crippen LogP contribution in [0.3, 0.4) is 0 Å². The first kappa shape index (κ1) is 14.4. The predicted octanol–water partition coefficient (Wildman–Crippen LogP) is 5.20. The Kier molecular flexibility index (Phi) is 4.13. The lowest BCUT2D eigenvalue weighted by molar-refractivity contribution is 0.476. The Morgan fingerprint density at radius 1 is 1.14 bits per heavy atom. The normalized spacial score (nSPS) is 12.7. The monoisotopic (exact) mass is 343 g/mol. The van der Waals surface area contributed by atoms with Crippen LogP contribution in [-0.2, 0) is 0 Å². The molecule has 1 heterocycles. The fraction of sp³-hybridized carbons (Fsp3) is 0.222. The highest BCUT2D eigenvalue weighted by Crippen LogP contribution is 2.32. The molecule has 0 aliphatic carbocycles. The molecule has 0 bridgehead atoms. The van der Waals surface area contributed by atoms with Crippen molar-refractivity contribution in [3.05, 3.63) is 69.9 Å². The van der Waals surface area contributed by atoms with Gasteiger partial charge in [-0.1, -0.05) is 53.2 Å². The lowest BCUT2D eigenvalue weighted by Crippen LogP contribution is -2.22. The quantitative estimate of drug-likeness (QED) is 0.703. The number of fused-ring (bicyclic) bond motifs is 1. The molecule has 108 valence electrons. The molecule has 21 heavy (non-hydrogen) atoms. The average Bonchev–Trinajstić information content (AvgIpc) is 2.91. The third-order valence-corrected chi connectivity index (χ3v) is 4.62. The molecule has 2 nitrogen and oxygen atoms in total. The Hall–Kier alpha value is -1.58. The second-order valence-electron chi connectivity index (χ2n) is 5.13. The summed E-state index contributed by atoms with van der Waals surface area (Å²) in [6.45, 7) is 5.13. The van der Waals surface area contributed by atoms with E-state index in [0.29, 0.717) is 0 Å². The predicted molar refractivity (Wildman–Crippen MR) is 90.6 cm³/mol. The van der Waals surface area contributed by atoms with Crippen molar-refractivity contribution in [3.63, 3.8) is 0 Å². The van der Waals surface area contributed by atoms with Gasteiger partial charge < -0.3 is 9.73 Å². The molecular weight excluding hydrogens is 326 g/mol. The maximum atomic E-state index is 6.05. The summed E-state index contributed by atoms with van der Waals surface area (Å²) >= 11 is 3.61. The lowest BCUT2D eigenvalue weighted by Gasteiger charge is -2.19. The third kappa shape index (κ3) is 2.76. The summed E-state index contributed by atoms with van der Waals surface area (Å²) in [6.07, 6.45) is 0. The van der Waals surface area contributed by atoms with Gasteiger partial charge in [0, 0.05) is 9.86 Å². The van der Waals surface area contributed by atoms with Crippen molar-refractivity contribution in [2.24, 2.45) is 0 Å². The number of furan rings is 1. The first-order valence-corrected chi connectivity index (χ1v) is 7.97.